The summed E-state index contributed by atoms with van der Waals surface area (Å²) in [5, 5.41) is 10.4. The van der Waals surface area contributed by atoms with Gasteiger partial charge in [-0.05, 0) is 30.8 Å². The Morgan fingerprint density at radius 2 is 2.00 bits per heavy atom. The van der Waals surface area contributed by atoms with E-state index in [9.17, 15) is 23.2 Å². The van der Waals surface area contributed by atoms with Gasteiger partial charge in [0.2, 0.25) is 0 Å². The summed E-state index contributed by atoms with van der Waals surface area (Å²) < 4.78 is 65.8. The second kappa shape index (κ2) is 12.5. The number of ether oxygens (including phenoxy) is 1. The predicted molar refractivity (Wildman–Crippen MR) is 172 cm³/mol. The molecule has 2 aromatic heterocycles. The van der Waals surface area contributed by atoms with Crippen LogP contribution in [0.3, 0.4) is 0 Å². The summed E-state index contributed by atoms with van der Waals surface area (Å²) in [7, 11) is 0. The topological polar surface area (TPSA) is 98.5 Å². The van der Waals surface area contributed by atoms with Gasteiger partial charge in [-0.3, -0.25) is 14.7 Å². The van der Waals surface area contributed by atoms with E-state index in [4.69, 9.17) is 16.3 Å². The number of fused-ring (bicyclic) bond motifs is 3. The number of amides is 1. The van der Waals surface area contributed by atoms with Crippen molar-refractivity contribution in [2.24, 2.45) is 0 Å². The van der Waals surface area contributed by atoms with Crippen LogP contribution in [0.15, 0.2) is 48.9 Å². The molecule has 4 aromatic rings. The molecule has 0 aliphatic carbocycles. The van der Waals surface area contributed by atoms with Crippen LogP contribution in [0, 0.1) is 23.0 Å². The number of alkyl halides is 1. The number of anilines is 1. The maximum Gasteiger partial charge on any atom is 0.319 e. The standard InChI is InChI=1S/C34H30ClF4N7O2/c1-19(36)32(47)46-13-12-44(17-22(46)8-10-40)31-24-15-41-29(23-5-2-4-20-6-7-25(38)27(35)26(20)23)28(39)30(24)42-33(43-31)48-18-34-9-3-11-45(34)16-21(37)14-34/h2,4-7,15,21-22H,1,3,8-9,11-14,16-18H2/t21-,22+,34?/m1/s1. The van der Waals surface area contributed by atoms with Gasteiger partial charge in [0, 0.05) is 49.7 Å². The third kappa shape index (κ3) is 5.46. The zero-order chi connectivity index (χ0) is 33.7. The molecule has 0 bridgehead atoms. The first kappa shape index (κ1) is 32.0. The lowest BCUT2D eigenvalue weighted by molar-refractivity contribution is -0.131. The Labute approximate surface area is 278 Å². The molecule has 5 heterocycles. The van der Waals surface area contributed by atoms with Crippen molar-refractivity contribution in [2.75, 3.05) is 44.2 Å². The van der Waals surface area contributed by atoms with E-state index in [1.54, 1.807) is 29.2 Å². The average molecular weight is 680 g/mol. The van der Waals surface area contributed by atoms with Gasteiger partial charge in [-0.1, -0.05) is 42.4 Å². The van der Waals surface area contributed by atoms with Gasteiger partial charge < -0.3 is 14.5 Å². The number of rotatable bonds is 7. The van der Waals surface area contributed by atoms with Crippen molar-refractivity contribution in [3.05, 3.63) is 65.6 Å². The molecule has 248 valence electrons. The normalized spacial score (nSPS) is 22.7. The number of benzene rings is 2. The van der Waals surface area contributed by atoms with Crippen LogP contribution in [0.4, 0.5) is 23.4 Å². The molecule has 14 heteroatoms. The van der Waals surface area contributed by atoms with E-state index in [-0.39, 0.29) is 77.1 Å². The fraction of sp³-hybridized carbons (Fsp3) is 0.382. The van der Waals surface area contributed by atoms with Gasteiger partial charge in [0.15, 0.2) is 11.6 Å². The molecule has 48 heavy (non-hydrogen) atoms. The number of hydrogen-bond acceptors (Lipinski definition) is 8. The van der Waals surface area contributed by atoms with Crippen LogP contribution in [0.2, 0.25) is 5.02 Å². The number of pyridine rings is 1. The first-order valence-corrected chi connectivity index (χ1v) is 16.0. The largest absolute Gasteiger partial charge is 0.461 e. The highest BCUT2D eigenvalue weighted by molar-refractivity contribution is 6.36. The van der Waals surface area contributed by atoms with Crippen LogP contribution >= 0.6 is 11.6 Å². The van der Waals surface area contributed by atoms with Crippen molar-refractivity contribution in [1.29, 1.82) is 5.26 Å². The van der Waals surface area contributed by atoms with Crippen LogP contribution in [-0.2, 0) is 4.79 Å². The zero-order valence-electron chi connectivity index (χ0n) is 25.7. The number of nitrogens with zero attached hydrogens (tertiary/aromatic N) is 7. The summed E-state index contributed by atoms with van der Waals surface area (Å²) in [6.07, 6.45) is 2.26. The molecule has 3 fully saturated rings. The van der Waals surface area contributed by atoms with Crippen LogP contribution in [-0.4, -0.2) is 87.7 Å². The fourth-order valence-electron chi connectivity index (χ4n) is 7.42. The second-order valence-corrected chi connectivity index (χ2v) is 12.9. The number of carbonyl (C=O) groups excluding carboxylic acids is 1. The Bertz CT molecular complexity index is 2010. The highest BCUT2D eigenvalue weighted by Gasteiger charge is 2.49. The summed E-state index contributed by atoms with van der Waals surface area (Å²) in [6, 6.07) is 8.96. The minimum atomic E-state index is -1.13. The molecule has 1 unspecified atom stereocenters. The van der Waals surface area contributed by atoms with E-state index in [0.717, 1.165) is 19.4 Å². The smallest absolute Gasteiger partial charge is 0.319 e. The lowest BCUT2D eigenvalue weighted by Gasteiger charge is -2.41. The van der Waals surface area contributed by atoms with E-state index in [0.29, 0.717) is 18.4 Å². The maximum atomic E-state index is 16.7. The Hall–Kier alpha value is -4.54. The molecule has 0 N–H and O–H groups in total. The Balaban J connectivity index is 1.34. The number of carbonyl (C=O) groups is 1. The molecular formula is C34H30ClF4N7O2. The molecule has 3 aliphatic rings. The molecule has 9 nitrogen and oxygen atoms in total. The van der Waals surface area contributed by atoms with E-state index in [1.807, 2.05) is 6.07 Å². The van der Waals surface area contributed by atoms with Crippen molar-refractivity contribution in [1.82, 2.24) is 24.8 Å². The molecule has 0 spiro atoms. The number of hydrogen-bond donors (Lipinski definition) is 0. The lowest BCUT2D eigenvalue weighted by atomic mass is 9.95. The van der Waals surface area contributed by atoms with E-state index >= 15 is 4.39 Å². The fourth-order valence-corrected chi connectivity index (χ4v) is 7.69. The van der Waals surface area contributed by atoms with Crippen LogP contribution in [0.5, 0.6) is 6.01 Å². The highest BCUT2D eigenvalue weighted by Crippen LogP contribution is 2.41. The maximum absolute atomic E-state index is 16.7. The van der Waals surface area contributed by atoms with Crippen molar-refractivity contribution in [3.63, 3.8) is 0 Å². The van der Waals surface area contributed by atoms with E-state index in [2.05, 4.69) is 26.4 Å². The first-order valence-electron chi connectivity index (χ1n) is 15.6. The number of nitriles is 1. The van der Waals surface area contributed by atoms with Gasteiger partial charge in [0.1, 0.15) is 35.6 Å². The summed E-state index contributed by atoms with van der Waals surface area (Å²) in [5.74, 6) is -3.29. The first-order chi connectivity index (χ1) is 23.1. The Morgan fingerprint density at radius 1 is 1.17 bits per heavy atom. The average Bonchev–Trinajstić information content (AvgIpc) is 3.60. The van der Waals surface area contributed by atoms with Gasteiger partial charge in [-0.2, -0.15) is 15.2 Å². The molecule has 3 aliphatic heterocycles. The van der Waals surface area contributed by atoms with E-state index < -0.39 is 41.1 Å². The Kier molecular flexibility index (Phi) is 8.33. The highest BCUT2D eigenvalue weighted by atomic mass is 35.5. The van der Waals surface area contributed by atoms with Crippen LogP contribution in [0.1, 0.15) is 25.7 Å². The van der Waals surface area contributed by atoms with Gasteiger partial charge in [0.25, 0.3) is 5.91 Å². The van der Waals surface area contributed by atoms with Gasteiger partial charge >= 0.3 is 6.01 Å². The minimum Gasteiger partial charge on any atom is -0.461 e. The third-order valence-corrected chi connectivity index (χ3v) is 10.0. The zero-order valence-corrected chi connectivity index (χ0v) is 26.5. The van der Waals surface area contributed by atoms with Gasteiger partial charge in [-0.25, -0.2) is 17.6 Å². The van der Waals surface area contributed by atoms with Crippen molar-refractivity contribution < 1.29 is 27.1 Å². The van der Waals surface area contributed by atoms with Crippen LogP contribution in [0.25, 0.3) is 32.9 Å². The third-order valence-electron chi connectivity index (χ3n) is 9.67. The molecule has 7 rings (SSSR count). The molecule has 3 saturated heterocycles. The molecule has 0 saturated carbocycles. The SMILES string of the molecule is C=C(F)C(=O)N1CCN(c2nc(OCC34CCCN3C[C@H](F)C4)nc3c(F)c(-c4cccc5ccc(F)c(Cl)c45)ncc23)C[C@@H]1CC#N. The van der Waals surface area contributed by atoms with Crippen molar-refractivity contribution >= 4 is 45.0 Å². The molecule has 3 atom stereocenters. The molecule has 0 radical (unpaired) electrons. The van der Waals surface area contributed by atoms with Gasteiger partial charge in [0.05, 0.1) is 34.5 Å². The van der Waals surface area contributed by atoms with Gasteiger partial charge in [-0.15, -0.1) is 0 Å². The second-order valence-electron chi connectivity index (χ2n) is 12.5. The summed E-state index contributed by atoms with van der Waals surface area (Å²) in [4.78, 5) is 31.2. The monoisotopic (exact) mass is 679 g/mol. The minimum absolute atomic E-state index is 0.0415. The quantitative estimate of drug-likeness (QED) is 0.170. The van der Waals surface area contributed by atoms with Crippen molar-refractivity contribution in [2.45, 2.75) is 43.4 Å². The van der Waals surface area contributed by atoms with E-state index in [1.165, 1.54) is 17.2 Å². The summed E-state index contributed by atoms with van der Waals surface area (Å²) in [5.41, 5.74) is -0.519. The molecule has 1 amide bonds. The number of aromatic nitrogens is 3. The Morgan fingerprint density at radius 3 is 2.79 bits per heavy atom. The number of halogens is 5. The molecule has 2 aromatic carbocycles. The number of piperazine rings is 1. The summed E-state index contributed by atoms with van der Waals surface area (Å²) in [6.45, 7) is 4.54. The lowest BCUT2D eigenvalue weighted by Crippen LogP contribution is -2.55. The van der Waals surface area contributed by atoms with Crippen LogP contribution < -0.4 is 9.64 Å². The van der Waals surface area contributed by atoms with Crippen molar-refractivity contribution in [3.8, 4) is 23.3 Å². The predicted octanol–water partition coefficient (Wildman–Crippen LogP) is 6.15. The summed E-state index contributed by atoms with van der Waals surface area (Å²) >= 11 is 6.37. The molecular weight excluding hydrogens is 650 g/mol.